The van der Waals surface area contributed by atoms with E-state index >= 15 is 0 Å². The largest absolute Gasteiger partial charge is 0.390 e. The zero-order chi connectivity index (χ0) is 13.2. The van der Waals surface area contributed by atoms with Crippen molar-refractivity contribution < 1.29 is 14.9 Å². The molecule has 1 heterocycles. The maximum Gasteiger partial charge on any atom is 0.0961 e. The highest BCUT2D eigenvalue weighted by Gasteiger charge is 2.62. The van der Waals surface area contributed by atoms with Gasteiger partial charge >= 0.3 is 0 Å². The molecule has 3 aliphatic rings. The lowest BCUT2D eigenvalue weighted by atomic mass is 9.49. The summed E-state index contributed by atoms with van der Waals surface area (Å²) in [7, 11) is 0. The van der Waals surface area contributed by atoms with Crippen molar-refractivity contribution in [2.45, 2.75) is 70.2 Å². The molecular weight excluding hydrogens is 228 g/mol. The first-order valence-electron chi connectivity index (χ1n) is 7.36. The number of aliphatic hydroxyl groups is 2. The molecule has 1 saturated heterocycles. The van der Waals surface area contributed by atoms with Gasteiger partial charge in [-0.3, -0.25) is 0 Å². The Kier molecular flexibility index (Phi) is 2.66. The van der Waals surface area contributed by atoms with E-state index in [1.54, 1.807) is 0 Å². The first kappa shape index (κ1) is 12.9. The van der Waals surface area contributed by atoms with E-state index in [2.05, 4.69) is 20.8 Å². The average molecular weight is 254 g/mol. The molecule has 0 spiro atoms. The maximum atomic E-state index is 11.0. The topological polar surface area (TPSA) is 53.0 Å². The Balaban J connectivity index is 1.89. The van der Waals surface area contributed by atoms with Crippen LogP contribution in [0, 0.1) is 17.3 Å². The lowest BCUT2D eigenvalue weighted by Gasteiger charge is -2.59. The van der Waals surface area contributed by atoms with Gasteiger partial charge in [-0.2, -0.15) is 0 Å². The van der Waals surface area contributed by atoms with Crippen LogP contribution in [-0.4, -0.2) is 34.1 Å². The van der Waals surface area contributed by atoms with Gasteiger partial charge in [-0.15, -0.1) is 0 Å². The molecule has 104 valence electrons. The molecule has 0 aromatic carbocycles. The van der Waals surface area contributed by atoms with E-state index in [0.29, 0.717) is 11.8 Å². The van der Waals surface area contributed by atoms with Crippen molar-refractivity contribution in [3.8, 4) is 0 Å². The third-order valence-electron chi connectivity index (χ3n) is 6.51. The quantitative estimate of drug-likeness (QED) is 0.705. The fourth-order valence-electron chi connectivity index (χ4n) is 4.48. The standard InChI is InChI=1S/C15H26O3/c1-10-4-5-12(16)15(17)7-6-11(8-13(10,15)2)14(3)9-18-14/h10-12,16-17H,4-9H2,1-3H3/t10-,11-,12+,13+,14?,15-/m1/s1. The van der Waals surface area contributed by atoms with Crippen LogP contribution in [0.5, 0.6) is 0 Å². The van der Waals surface area contributed by atoms with Crippen molar-refractivity contribution in [1.29, 1.82) is 0 Å². The minimum absolute atomic E-state index is 0.0481. The summed E-state index contributed by atoms with van der Waals surface area (Å²) in [5.74, 6) is 1.01. The van der Waals surface area contributed by atoms with Crippen molar-refractivity contribution >= 4 is 0 Å². The molecular formula is C15H26O3. The second kappa shape index (κ2) is 3.71. The molecule has 0 aromatic heterocycles. The molecule has 3 fully saturated rings. The van der Waals surface area contributed by atoms with Crippen LogP contribution >= 0.6 is 0 Å². The molecule has 0 amide bonds. The number of hydrogen-bond acceptors (Lipinski definition) is 3. The second-order valence-electron chi connectivity index (χ2n) is 7.38. The van der Waals surface area contributed by atoms with Crippen molar-refractivity contribution in [1.82, 2.24) is 0 Å². The zero-order valence-electron chi connectivity index (χ0n) is 11.8. The van der Waals surface area contributed by atoms with E-state index in [-0.39, 0.29) is 11.0 Å². The predicted molar refractivity (Wildman–Crippen MR) is 69.2 cm³/mol. The van der Waals surface area contributed by atoms with Crippen LogP contribution in [-0.2, 0) is 4.74 Å². The van der Waals surface area contributed by atoms with Gasteiger partial charge in [0.05, 0.1) is 23.9 Å². The predicted octanol–water partition coefficient (Wildman–Crippen LogP) is 2.10. The van der Waals surface area contributed by atoms with Crippen LogP contribution in [0.1, 0.15) is 52.9 Å². The van der Waals surface area contributed by atoms with Gasteiger partial charge in [-0.05, 0) is 50.9 Å². The summed E-state index contributed by atoms with van der Waals surface area (Å²) < 4.78 is 5.61. The second-order valence-corrected chi connectivity index (χ2v) is 7.38. The van der Waals surface area contributed by atoms with Gasteiger partial charge in [0.15, 0.2) is 0 Å². The summed E-state index contributed by atoms with van der Waals surface area (Å²) in [4.78, 5) is 0. The summed E-state index contributed by atoms with van der Waals surface area (Å²) in [5.41, 5.74) is -0.999. The van der Waals surface area contributed by atoms with Crippen molar-refractivity contribution in [2.75, 3.05) is 6.61 Å². The fraction of sp³-hybridized carbons (Fsp3) is 1.00. The average Bonchev–Trinajstić information content (AvgIpc) is 3.07. The third-order valence-corrected chi connectivity index (χ3v) is 6.51. The smallest absolute Gasteiger partial charge is 0.0961 e. The van der Waals surface area contributed by atoms with Crippen LogP contribution in [0.15, 0.2) is 0 Å². The zero-order valence-corrected chi connectivity index (χ0v) is 11.8. The molecule has 2 N–H and O–H groups in total. The van der Waals surface area contributed by atoms with Crippen LogP contribution < -0.4 is 0 Å². The van der Waals surface area contributed by atoms with Gasteiger partial charge in [-0.25, -0.2) is 0 Å². The minimum Gasteiger partial charge on any atom is -0.390 e. The molecule has 0 aromatic rings. The Hall–Kier alpha value is -0.120. The molecule has 3 heteroatoms. The Labute approximate surface area is 110 Å². The lowest BCUT2D eigenvalue weighted by Crippen LogP contribution is -2.64. The number of fused-ring (bicyclic) bond motifs is 1. The summed E-state index contributed by atoms with van der Waals surface area (Å²) >= 11 is 0. The van der Waals surface area contributed by atoms with Crippen molar-refractivity contribution in [3.63, 3.8) is 0 Å². The Morgan fingerprint density at radius 2 is 1.83 bits per heavy atom. The van der Waals surface area contributed by atoms with Crippen LogP contribution in [0.25, 0.3) is 0 Å². The van der Waals surface area contributed by atoms with E-state index in [0.717, 1.165) is 38.7 Å². The van der Waals surface area contributed by atoms with Crippen molar-refractivity contribution in [2.24, 2.45) is 17.3 Å². The minimum atomic E-state index is -0.883. The van der Waals surface area contributed by atoms with Gasteiger partial charge in [0.2, 0.25) is 0 Å². The summed E-state index contributed by atoms with van der Waals surface area (Å²) in [6.45, 7) is 7.46. The van der Waals surface area contributed by atoms with E-state index in [4.69, 9.17) is 4.74 Å². The molecule has 2 aliphatic carbocycles. The fourth-order valence-corrected chi connectivity index (χ4v) is 4.48. The normalized spacial score (nSPS) is 60.2. The van der Waals surface area contributed by atoms with E-state index in [9.17, 15) is 10.2 Å². The lowest BCUT2D eigenvalue weighted by molar-refractivity contribution is -0.227. The van der Waals surface area contributed by atoms with Gasteiger partial charge in [0, 0.05) is 5.41 Å². The van der Waals surface area contributed by atoms with Gasteiger partial charge < -0.3 is 14.9 Å². The van der Waals surface area contributed by atoms with Gasteiger partial charge in [0.1, 0.15) is 0 Å². The molecule has 3 rings (SSSR count). The number of epoxide rings is 1. The third kappa shape index (κ3) is 1.53. The molecule has 1 aliphatic heterocycles. The highest BCUT2D eigenvalue weighted by molar-refractivity contribution is 5.12. The van der Waals surface area contributed by atoms with Crippen LogP contribution in [0.2, 0.25) is 0 Å². The summed E-state index contributed by atoms with van der Waals surface area (Å²) in [5, 5.41) is 21.3. The molecule has 6 atom stereocenters. The Morgan fingerprint density at radius 3 is 2.44 bits per heavy atom. The van der Waals surface area contributed by atoms with Crippen molar-refractivity contribution in [3.05, 3.63) is 0 Å². The number of aliphatic hydroxyl groups excluding tert-OH is 1. The highest BCUT2D eigenvalue weighted by Crippen LogP contribution is 2.60. The Bertz CT molecular complexity index is 352. The monoisotopic (exact) mass is 254 g/mol. The maximum absolute atomic E-state index is 11.0. The van der Waals surface area contributed by atoms with Gasteiger partial charge in [-0.1, -0.05) is 13.8 Å². The molecule has 0 bridgehead atoms. The number of rotatable bonds is 1. The van der Waals surface area contributed by atoms with E-state index in [1.165, 1.54) is 0 Å². The SMILES string of the molecule is C[C@@H]1CC[C@H](O)[C@]2(O)CC[C@@H](C3(C)CO3)C[C@@]12C. The Morgan fingerprint density at radius 1 is 1.17 bits per heavy atom. The molecule has 1 unspecified atom stereocenters. The van der Waals surface area contributed by atoms with E-state index < -0.39 is 11.7 Å². The van der Waals surface area contributed by atoms with Crippen LogP contribution in [0.4, 0.5) is 0 Å². The van der Waals surface area contributed by atoms with E-state index in [1.807, 2.05) is 0 Å². The highest BCUT2D eigenvalue weighted by atomic mass is 16.6. The van der Waals surface area contributed by atoms with Gasteiger partial charge in [0.25, 0.3) is 0 Å². The molecule has 2 saturated carbocycles. The summed E-state index contributed by atoms with van der Waals surface area (Å²) in [6, 6.07) is 0. The molecule has 18 heavy (non-hydrogen) atoms. The molecule has 3 nitrogen and oxygen atoms in total. The first-order valence-corrected chi connectivity index (χ1v) is 7.36. The first-order chi connectivity index (χ1) is 8.32. The number of ether oxygens (including phenoxy) is 1. The number of hydrogen-bond donors (Lipinski definition) is 2. The van der Waals surface area contributed by atoms with Crippen LogP contribution in [0.3, 0.4) is 0 Å². The molecule has 0 radical (unpaired) electrons. The summed E-state index contributed by atoms with van der Waals surface area (Å²) in [6.07, 6.45) is 3.90.